The Bertz CT molecular complexity index is 193. The van der Waals surface area contributed by atoms with Crippen LogP contribution in [0.5, 0.6) is 0 Å². The van der Waals surface area contributed by atoms with E-state index in [1.165, 1.54) is 0 Å². The van der Waals surface area contributed by atoms with E-state index >= 15 is 0 Å². The molecule has 0 rings (SSSR count). The third kappa shape index (κ3) is 11.9. The second kappa shape index (κ2) is 5.71. The van der Waals surface area contributed by atoms with Crippen LogP contribution in [0, 0.1) is 11.1 Å². The van der Waals surface area contributed by atoms with Gasteiger partial charge in [0, 0.05) is 11.2 Å². The summed E-state index contributed by atoms with van der Waals surface area (Å²) in [5.41, 5.74) is 6.17. The summed E-state index contributed by atoms with van der Waals surface area (Å²) < 4.78 is 11.2. The molecule has 0 heterocycles. The molecule has 0 aromatic rings. The first kappa shape index (κ1) is 13.9. The lowest BCUT2D eigenvalue weighted by Crippen LogP contribution is -2.22. The summed E-state index contributed by atoms with van der Waals surface area (Å²) in [6.45, 7) is 12.4. The molecule has 0 spiro atoms. The van der Waals surface area contributed by atoms with Gasteiger partial charge in [-0.25, -0.2) is 0 Å². The third-order valence-electron chi connectivity index (χ3n) is 1.28. The Labute approximate surface area is 92.6 Å². The van der Waals surface area contributed by atoms with Gasteiger partial charge in [-0.05, 0) is 41.5 Å². The van der Waals surface area contributed by atoms with E-state index in [1.807, 2.05) is 0 Å². The van der Waals surface area contributed by atoms with Crippen LogP contribution in [0.3, 0.4) is 0 Å². The molecule has 0 radical (unpaired) electrons. The predicted octanol–water partition coefficient (Wildman–Crippen LogP) is 0.703. The Morgan fingerprint density at radius 1 is 0.714 bits per heavy atom. The minimum atomic E-state index is -0.663. The van der Waals surface area contributed by atoms with Crippen LogP contribution in [0.25, 0.3) is 0 Å². The number of hydrogen-bond donors (Lipinski definition) is 0. The van der Waals surface area contributed by atoms with E-state index in [-0.39, 0.29) is 11.2 Å². The summed E-state index contributed by atoms with van der Waals surface area (Å²) in [7, 11) is -1.33. The Morgan fingerprint density at radius 3 is 1.21 bits per heavy atom. The van der Waals surface area contributed by atoms with Crippen molar-refractivity contribution in [1.29, 1.82) is 0 Å². The van der Waals surface area contributed by atoms with Gasteiger partial charge >= 0.3 is 0 Å². The van der Waals surface area contributed by atoms with E-state index in [2.05, 4.69) is 52.6 Å². The van der Waals surface area contributed by atoms with Crippen molar-refractivity contribution in [3.8, 4) is 11.1 Å². The maximum atomic E-state index is 5.59. The lowest BCUT2D eigenvalue weighted by Gasteiger charge is -2.18. The molecule has 0 aliphatic carbocycles. The zero-order valence-electron chi connectivity index (χ0n) is 10.2. The van der Waals surface area contributed by atoms with Crippen LogP contribution < -0.4 is 0 Å². The highest BCUT2D eigenvalue weighted by atomic mass is 28.2. The molecule has 0 saturated heterocycles. The van der Waals surface area contributed by atoms with Crippen molar-refractivity contribution in [2.45, 2.75) is 52.7 Å². The third-order valence-corrected chi connectivity index (χ3v) is 4.59. The Hall–Kier alpha value is -0.0862. The van der Waals surface area contributed by atoms with Crippen molar-refractivity contribution in [3.63, 3.8) is 0 Å². The van der Waals surface area contributed by atoms with E-state index in [9.17, 15) is 0 Å². The molecule has 0 aromatic carbocycles. The summed E-state index contributed by atoms with van der Waals surface area (Å²) in [6.07, 6.45) is 0. The van der Waals surface area contributed by atoms with Crippen LogP contribution >= 0.6 is 0 Å². The Kier molecular flexibility index (Phi) is 5.68. The molecule has 2 nitrogen and oxygen atoms in total. The zero-order chi connectivity index (χ0) is 11.2. The number of rotatable bonds is 2. The van der Waals surface area contributed by atoms with E-state index in [1.54, 1.807) is 0 Å². The molecule has 0 unspecified atom stereocenters. The van der Waals surface area contributed by atoms with Crippen molar-refractivity contribution in [1.82, 2.24) is 0 Å². The smallest absolute Gasteiger partial charge is 0.240 e. The maximum Gasteiger partial charge on any atom is 0.240 e. The summed E-state index contributed by atoms with van der Waals surface area (Å²) in [6, 6.07) is 0. The average Bonchev–Trinajstić information content (AvgIpc) is 1.92. The van der Waals surface area contributed by atoms with E-state index in [0.29, 0.717) is 0 Å². The summed E-state index contributed by atoms with van der Waals surface area (Å²) in [5.74, 6) is 0. The van der Waals surface area contributed by atoms with Gasteiger partial charge in [-0.3, -0.25) is 0 Å². The zero-order valence-corrected chi connectivity index (χ0v) is 13.1. The number of hydrogen-bond acceptors (Lipinski definition) is 2. The van der Waals surface area contributed by atoms with Crippen molar-refractivity contribution < 1.29 is 8.85 Å². The van der Waals surface area contributed by atoms with Crippen LogP contribution in [0.4, 0.5) is 0 Å². The van der Waals surface area contributed by atoms with Gasteiger partial charge in [-0.1, -0.05) is 0 Å². The van der Waals surface area contributed by atoms with Gasteiger partial charge in [0.05, 0.1) is 0 Å². The van der Waals surface area contributed by atoms with Gasteiger partial charge in [-0.15, -0.1) is 11.1 Å². The Morgan fingerprint density at radius 2 is 1.00 bits per heavy atom. The first-order valence-corrected chi connectivity index (χ1v) is 7.51. The summed E-state index contributed by atoms with van der Waals surface area (Å²) in [5, 5.41) is 0. The second-order valence-electron chi connectivity index (χ2n) is 5.16. The predicted molar refractivity (Wildman–Crippen MR) is 66.5 cm³/mol. The quantitative estimate of drug-likeness (QED) is 0.514. The highest BCUT2D eigenvalue weighted by Gasteiger charge is 2.08. The Balaban J connectivity index is 3.56. The molecular formula is C10H22O2Si2. The largest absolute Gasteiger partial charge is 0.406 e. The van der Waals surface area contributed by atoms with E-state index in [4.69, 9.17) is 8.85 Å². The maximum absolute atomic E-state index is 5.59. The van der Waals surface area contributed by atoms with Crippen LogP contribution in [0.1, 0.15) is 41.5 Å². The second-order valence-corrected chi connectivity index (χ2v) is 7.02. The van der Waals surface area contributed by atoms with E-state index < -0.39 is 19.5 Å². The minimum absolute atomic E-state index is 0.0344. The summed E-state index contributed by atoms with van der Waals surface area (Å²) in [4.78, 5) is 0. The molecule has 0 aliphatic rings. The molecule has 0 aliphatic heterocycles. The molecule has 0 N–H and O–H groups in total. The normalized spacial score (nSPS) is 13.9. The SMILES string of the molecule is CC(C)(C)O[SiH2]C#C[SiH2]OC(C)(C)C. The van der Waals surface area contributed by atoms with Gasteiger partial charge < -0.3 is 8.85 Å². The first-order chi connectivity index (χ1) is 6.21. The van der Waals surface area contributed by atoms with Gasteiger partial charge in [0.2, 0.25) is 19.5 Å². The van der Waals surface area contributed by atoms with Gasteiger partial charge in [0.25, 0.3) is 0 Å². The highest BCUT2D eigenvalue weighted by Crippen LogP contribution is 2.04. The van der Waals surface area contributed by atoms with Crippen LogP contribution in [0.15, 0.2) is 0 Å². The van der Waals surface area contributed by atoms with E-state index in [0.717, 1.165) is 0 Å². The molecule has 0 saturated carbocycles. The van der Waals surface area contributed by atoms with Crippen LogP contribution in [-0.2, 0) is 8.85 Å². The fourth-order valence-corrected chi connectivity index (χ4v) is 2.43. The topological polar surface area (TPSA) is 18.5 Å². The molecule has 0 amide bonds. The molecular weight excluding hydrogens is 208 g/mol. The molecule has 14 heavy (non-hydrogen) atoms. The molecule has 4 heteroatoms. The van der Waals surface area contributed by atoms with Gasteiger partial charge in [-0.2, -0.15) is 0 Å². The van der Waals surface area contributed by atoms with Crippen LogP contribution in [0.2, 0.25) is 0 Å². The monoisotopic (exact) mass is 230 g/mol. The van der Waals surface area contributed by atoms with Crippen molar-refractivity contribution in [3.05, 3.63) is 0 Å². The lowest BCUT2D eigenvalue weighted by atomic mass is 10.2. The highest BCUT2D eigenvalue weighted by molar-refractivity contribution is 6.46. The molecule has 82 valence electrons. The first-order valence-electron chi connectivity index (χ1n) is 4.94. The summed E-state index contributed by atoms with van der Waals surface area (Å²) >= 11 is 0. The molecule has 0 fully saturated rings. The minimum Gasteiger partial charge on any atom is -0.406 e. The average molecular weight is 230 g/mol. The molecule has 0 atom stereocenters. The molecule has 0 aromatic heterocycles. The lowest BCUT2D eigenvalue weighted by molar-refractivity contribution is 0.141. The van der Waals surface area contributed by atoms with Gasteiger partial charge in [0.1, 0.15) is 0 Å². The molecule has 0 bridgehead atoms. The van der Waals surface area contributed by atoms with Gasteiger partial charge in [0.15, 0.2) is 0 Å². The fourth-order valence-electron chi connectivity index (χ4n) is 0.607. The van der Waals surface area contributed by atoms with Crippen molar-refractivity contribution >= 4 is 19.5 Å². The fraction of sp³-hybridized carbons (Fsp3) is 0.800. The van der Waals surface area contributed by atoms with Crippen molar-refractivity contribution in [2.75, 3.05) is 0 Å². The van der Waals surface area contributed by atoms with Crippen LogP contribution in [-0.4, -0.2) is 30.7 Å². The van der Waals surface area contributed by atoms with Crippen molar-refractivity contribution in [2.24, 2.45) is 0 Å². The standard InChI is InChI=1S/C10H22O2Si2/c1-9(2,3)11-13-7-8-14-12-10(4,5)6/h13-14H2,1-6H3.